The van der Waals surface area contributed by atoms with E-state index in [0.29, 0.717) is 5.56 Å². The van der Waals surface area contributed by atoms with Gasteiger partial charge in [0.15, 0.2) is 0 Å². The van der Waals surface area contributed by atoms with Crippen molar-refractivity contribution >= 4 is 5.97 Å². The number of rotatable bonds is 5. The number of piperidine rings is 1. The zero-order chi connectivity index (χ0) is 16.8. The molecule has 2 aromatic rings. The minimum Gasteiger partial charge on any atom is -0.458 e. The summed E-state index contributed by atoms with van der Waals surface area (Å²) < 4.78 is 5.65. The van der Waals surface area contributed by atoms with E-state index in [0.717, 1.165) is 30.8 Å². The van der Waals surface area contributed by atoms with Gasteiger partial charge in [-0.05, 0) is 56.1 Å². The van der Waals surface area contributed by atoms with E-state index < -0.39 is 0 Å². The van der Waals surface area contributed by atoms with Crippen LogP contribution in [0.15, 0.2) is 54.6 Å². The van der Waals surface area contributed by atoms with Gasteiger partial charge >= 0.3 is 5.97 Å². The van der Waals surface area contributed by atoms with E-state index in [4.69, 9.17) is 4.74 Å². The lowest BCUT2D eigenvalue weighted by atomic mass is 10.0. The standard InChI is InChI=1S/C21H25NO2/c1-17(16-22-13-6-3-7-14-22)24-21(23)20-12-8-11-19(15-20)18-9-4-2-5-10-18/h2,4-5,8-12,15,17H,3,6-7,13-14,16H2,1H3. The molecule has 1 atom stereocenters. The van der Waals surface area contributed by atoms with E-state index in [2.05, 4.69) is 4.90 Å². The van der Waals surface area contributed by atoms with Crippen LogP contribution in [0.3, 0.4) is 0 Å². The molecule has 0 bridgehead atoms. The van der Waals surface area contributed by atoms with Gasteiger partial charge in [-0.1, -0.05) is 48.9 Å². The van der Waals surface area contributed by atoms with Crippen LogP contribution in [0.1, 0.15) is 36.5 Å². The first kappa shape index (κ1) is 16.7. The average Bonchev–Trinajstić information content (AvgIpc) is 2.63. The molecule has 3 rings (SSSR count). The van der Waals surface area contributed by atoms with Crippen LogP contribution in [0.5, 0.6) is 0 Å². The van der Waals surface area contributed by atoms with Crippen molar-refractivity contribution in [3.63, 3.8) is 0 Å². The Morgan fingerprint density at radius 1 is 1.00 bits per heavy atom. The highest BCUT2D eigenvalue weighted by Crippen LogP contribution is 2.20. The number of carbonyl (C=O) groups excluding carboxylic acids is 1. The van der Waals surface area contributed by atoms with Crippen molar-refractivity contribution in [1.29, 1.82) is 0 Å². The first-order valence-electron chi connectivity index (χ1n) is 8.81. The largest absolute Gasteiger partial charge is 0.458 e. The highest BCUT2D eigenvalue weighted by molar-refractivity contribution is 5.91. The first-order valence-corrected chi connectivity index (χ1v) is 8.81. The number of carbonyl (C=O) groups is 1. The third-order valence-corrected chi connectivity index (χ3v) is 4.48. The van der Waals surface area contributed by atoms with Crippen molar-refractivity contribution < 1.29 is 9.53 Å². The van der Waals surface area contributed by atoms with Gasteiger partial charge in [-0.3, -0.25) is 4.90 Å². The molecule has 0 radical (unpaired) electrons. The lowest BCUT2D eigenvalue weighted by Gasteiger charge is -2.28. The molecule has 24 heavy (non-hydrogen) atoms. The van der Waals surface area contributed by atoms with Crippen LogP contribution in [-0.2, 0) is 4.74 Å². The zero-order valence-corrected chi connectivity index (χ0v) is 14.3. The second-order valence-corrected chi connectivity index (χ2v) is 6.52. The Hall–Kier alpha value is -2.13. The summed E-state index contributed by atoms with van der Waals surface area (Å²) in [6.45, 7) is 5.04. The monoisotopic (exact) mass is 323 g/mol. The van der Waals surface area contributed by atoms with Crippen LogP contribution in [0, 0.1) is 0 Å². The summed E-state index contributed by atoms with van der Waals surface area (Å²) in [5, 5.41) is 0. The predicted octanol–water partition coefficient (Wildman–Crippen LogP) is 4.38. The molecule has 1 fully saturated rings. The summed E-state index contributed by atoms with van der Waals surface area (Å²) in [7, 11) is 0. The van der Waals surface area contributed by atoms with Crippen LogP contribution in [0.4, 0.5) is 0 Å². The number of hydrogen-bond acceptors (Lipinski definition) is 3. The van der Waals surface area contributed by atoms with Crippen LogP contribution >= 0.6 is 0 Å². The summed E-state index contributed by atoms with van der Waals surface area (Å²) in [4.78, 5) is 14.8. The molecule has 3 nitrogen and oxygen atoms in total. The number of benzene rings is 2. The van der Waals surface area contributed by atoms with Gasteiger partial charge in [0.2, 0.25) is 0 Å². The maximum absolute atomic E-state index is 12.4. The SMILES string of the molecule is CC(CN1CCCCC1)OC(=O)c1cccc(-c2ccccc2)c1. The lowest BCUT2D eigenvalue weighted by molar-refractivity contribution is 0.0236. The number of nitrogens with zero attached hydrogens (tertiary/aromatic N) is 1. The maximum atomic E-state index is 12.4. The van der Waals surface area contributed by atoms with Crippen LogP contribution in [-0.4, -0.2) is 36.6 Å². The molecule has 2 aromatic carbocycles. The van der Waals surface area contributed by atoms with Crippen molar-refractivity contribution in [1.82, 2.24) is 4.90 Å². The van der Waals surface area contributed by atoms with E-state index in [1.807, 2.05) is 61.5 Å². The number of esters is 1. The van der Waals surface area contributed by atoms with Crippen LogP contribution in [0.25, 0.3) is 11.1 Å². The summed E-state index contributed by atoms with van der Waals surface area (Å²) in [6, 6.07) is 17.7. The fraction of sp³-hybridized carbons (Fsp3) is 0.381. The van der Waals surface area contributed by atoms with Gasteiger partial charge in [-0.25, -0.2) is 4.79 Å². The van der Waals surface area contributed by atoms with Gasteiger partial charge in [0.1, 0.15) is 6.10 Å². The fourth-order valence-electron chi connectivity index (χ4n) is 3.25. The first-order chi connectivity index (χ1) is 11.7. The predicted molar refractivity (Wildman–Crippen MR) is 97.0 cm³/mol. The summed E-state index contributed by atoms with van der Waals surface area (Å²) in [5.74, 6) is -0.239. The highest BCUT2D eigenvalue weighted by Gasteiger charge is 2.17. The molecule has 3 heteroatoms. The molecular formula is C21H25NO2. The van der Waals surface area contributed by atoms with E-state index >= 15 is 0 Å². The van der Waals surface area contributed by atoms with Crippen LogP contribution in [0.2, 0.25) is 0 Å². The second-order valence-electron chi connectivity index (χ2n) is 6.52. The molecule has 1 unspecified atom stereocenters. The molecule has 0 N–H and O–H groups in total. The smallest absolute Gasteiger partial charge is 0.338 e. The van der Waals surface area contributed by atoms with E-state index in [1.165, 1.54) is 19.3 Å². The van der Waals surface area contributed by atoms with Crippen molar-refractivity contribution in [2.24, 2.45) is 0 Å². The Morgan fingerprint density at radius 3 is 2.46 bits per heavy atom. The van der Waals surface area contributed by atoms with Gasteiger partial charge in [-0.2, -0.15) is 0 Å². The highest BCUT2D eigenvalue weighted by atomic mass is 16.5. The van der Waals surface area contributed by atoms with Crippen LogP contribution < -0.4 is 0 Å². The number of hydrogen-bond donors (Lipinski definition) is 0. The summed E-state index contributed by atoms with van der Waals surface area (Å²) >= 11 is 0. The molecule has 0 aliphatic carbocycles. The molecule has 1 heterocycles. The summed E-state index contributed by atoms with van der Waals surface area (Å²) in [5.41, 5.74) is 2.75. The molecule has 0 aromatic heterocycles. The Kier molecular flexibility index (Phi) is 5.65. The van der Waals surface area contributed by atoms with Gasteiger partial charge in [0, 0.05) is 6.54 Å². The normalized spacial score (nSPS) is 16.5. The van der Waals surface area contributed by atoms with E-state index in [1.54, 1.807) is 0 Å². The average molecular weight is 323 g/mol. The topological polar surface area (TPSA) is 29.5 Å². The van der Waals surface area contributed by atoms with Crippen molar-refractivity contribution in [3.05, 3.63) is 60.2 Å². The van der Waals surface area contributed by atoms with E-state index in [-0.39, 0.29) is 12.1 Å². The third-order valence-electron chi connectivity index (χ3n) is 4.48. The van der Waals surface area contributed by atoms with Crippen molar-refractivity contribution in [2.45, 2.75) is 32.3 Å². The summed E-state index contributed by atoms with van der Waals surface area (Å²) in [6.07, 6.45) is 3.73. The third kappa shape index (κ3) is 4.45. The molecule has 1 aliphatic rings. The molecule has 0 amide bonds. The molecule has 1 aliphatic heterocycles. The second kappa shape index (κ2) is 8.11. The quantitative estimate of drug-likeness (QED) is 0.765. The van der Waals surface area contributed by atoms with Crippen molar-refractivity contribution in [3.8, 4) is 11.1 Å². The van der Waals surface area contributed by atoms with E-state index in [9.17, 15) is 4.79 Å². The zero-order valence-electron chi connectivity index (χ0n) is 14.3. The van der Waals surface area contributed by atoms with Gasteiger partial charge < -0.3 is 4.74 Å². The molecular weight excluding hydrogens is 298 g/mol. The molecule has 126 valence electrons. The van der Waals surface area contributed by atoms with Crippen molar-refractivity contribution in [2.75, 3.05) is 19.6 Å². The Bertz CT molecular complexity index is 663. The molecule has 0 saturated carbocycles. The Morgan fingerprint density at radius 2 is 1.71 bits per heavy atom. The fourth-order valence-corrected chi connectivity index (χ4v) is 3.25. The number of ether oxygens (including phenoxy) is 1. The van der Waals surface area contributed by atoms with Gasteiger partial charge in [0.05, 0.1) is 5.56 Å². The Balaban J connectivity index is 1.62. The minimum absolute atomic E-state index is 0.0871. The molecule has 1 saturated heterocycles. The maximum Gasteiger partial charge on any atom is 0.338 e. The van der Waals surface area contributed by atoms with Gasteiger partial charge in [0.25, 0.3) is 0 Å². The lowest BCUT2D eigenvalue weighted by Crippen LogP contribution is -2.37. The van der Waals surface area contributed by atoms with Gasteiger partial charge in [-0.15, -0.1) is 0 Å². The minimum atomic E-state index is -0.239. The Labute approximate surface area is 144 Å². The number of likely N-dealkylation sites (tertiary alicyclic amines) is 1. The molecule has 0 spiro atoms.